The van der Waals surface area contributed by atoms with Gasteiger partial charge in [-0.15, -0.1) is 45.5 Å². The second-order valence-corrected chi connectivity index (χ2v) is 6.28. The zero-order chi connectivity index (χ0) is 15.9. The minimum absolute atomic E-state index is 0. The summed E-state index contributed by atoms with van der Waals surface area (Å²) < 4.78 is 1.95. The summed E-state index contributed by atoms with van der Waals surface area (Å²) >= 11 is 1.73. The van der Waals surface area contributed by atoms with Gasteiger partial charge in [-0.2, -0.15) is 0 Å². The van der Waals surface area contributed by atoms with Crippen molar-refractivity contribution in [2.45, 2.75) is 33.7 Å². The lowest BCUT2D eigenvalue weighted by atomic mass is 10.4. The average Bonchev–Trinajstić information content (AvgIpc) is 3.04. The first-order valence-corrected chi connectivity index (χ1v) is 8.20. The summed E-state index contributed by atoms with van der Waals surface area (Å²) in [6, 6.07) is 0. The quantitative estimate of drug-likeness (QED) is 0.400. The van der Waals surface area contributed by atoms with Crippen molar-refractivity contribution >= 4 is 41.3 Å². The molecule has 0 aromatic carbocycles. The Balaban J connectivity index is 0.00000264. The number of rotatable bonds is 6. The maximum Gasteiger partial charge on any atom is 0.191 e. The maximum absolute atomic E-state index is 4.55. The summed E-state index contributed by atoms with van der Waals surface area (Å²) in [6.07, 6.45) is 2.81. The number of nitrogens with one attached hydrogen (secondary N) is 2. The lowest BCUT2D eigenvalue weighted by Gasteiger charge is -2.10. The third kappa shape index (κ3) is 6.05. The molecule has 2 aromatic rings. The van der Waals surface area contributed by atoms with E-state index in [1.807, 2.05) is 31.7 Å². The van der Waals surface area contributed by atoms with Gasteiger partial charge in [0.1, 0.15) is 12.4 Å². The van der Waals surface area contributed by atoms with Gasteiger partial charge >= 0.3 is 0 Å². The van der Waals surface area contributed by atoms with E-state index < -0.39 is 0 Å². The molecule has 0 saturated carbocycles. The molecule has 0 atom stereocenters. The van der Waals surface area contributed by atoms with Gasteiger partial charge in [-0.05, 0) is 20.8 Å². The molecule has 9 heteroatoms. The van der Waals surface area contributed by atoms with E-state index in [0.29, 0.717) is 6.54 Å². The molecule has 0 saturated heterocycles. The summed E-state index contributed by atoms with van der Waals surface area (Å²) in [7, 11) is 1.95. The van der Waals surface area contributed by atoms with Crippen molar-refractivity contribution in [2.24, 2.45) is 12.0 Å². The van der Waals surface area contributed by atoms with Crippen LogP contribution in [0.15, 0.2) is 11.2 Å². The predicted octanol–water partition coefficient (Wildman–Crippen LogP) is 1.80. The van der Waals surface area contributed by atoms with Gasteiger partial charge in [-0.25, -0.2) is 9.98 Å². The van der Waals surface area contributed by atoms with Crippen LogP contribution in [0.3, 0.4) is 0 Å². The van der Waals surface area contributed by atoms with Gasteiger partial charge in [0.2, 0.25) is 0 Å². The molecule has 0 amide bonds. The fourth-order valence-electron chi connectivity index (χ4n) is 1.89. The van der Waals surface area contributed by atoms with Crippen molar-refractivity contribution < 1.29 is 0 Å². The maximum atomic E-state index is 4.55. The number of guanidine groups is 1. The summed E-state index contributed by atoms with van der Waals surface area (Å²) in [5.74, 6) is 2.53. The highest BCUT2D eigenvalue weighted by Gasteiger charge is 2.05. The normalized spacial score (nSPS) is 11.2. The molecular formula is C14H24IN7S. The molecule has 128 valence electrons. The van der Waals surface area contributed by atoms with Crippen LogP contribution in [0.4, 0.5) is 0 Å². The van der Waals surface area contributed by atoms with Crippen LogP contribution in [0, 0.1) is 13.8 Å². The number of halogens is 1. The highest BCUT2D eigenvalue weighted by molar-refractivity contribution is 14.0. The van der Waals surface area contributed by atoms with Crippen LogP contribution in [0.2, 0.25) is 0 Å². The number of aromatic nitrogens is 4. The molecule has 7 nitrogen and oxygen atoms in total. The largest absolute Gasteiger partial charge is 0.357 e. The molecule has 2 heterocycles. The standard InChI is InChI=1S/C14H23N7S.HI/c1-5-15-14(16-7-6-13-17-8-10(2)22-13)18-9-12-20-19-11(3)21(12)4;/h8H,5-7,9H2,1-4H3,(H2,15,16,18);1H. The van der Waals surface area contributed by atoms with E-state index in [9.17, 15) is 0 Å². The van der Waals surface area contributed by atoms with Gasteiger partial charge in [0.15, 0.2) is 11.8 Å². The Morgan fingerprint density at radius 1 is 1.30 bits per heavy atom. The van der Waals surface area contributed by atoms with Crippen LogP contribution < -0.4 is 10.6 Å². The van der Waals surface area contributed by atoms with Crippen LogP contribution >= 0.6 is 35.3 Å². The lowest BCUT2D eigenvalue weighted by Crippen LogP contribution is -2.38. The highest BCUT2D eigenvalue weighted by atomic mass is 127. The second kappa shape index (κ2) is 9.81. The minimum atomic E-state index is 0. The van der Waals surface area contributed by atoms with Crippen LogP contribution in [0.25, 0.3) is 0 Å². The van der Waals surface area contributed by atoms with Crippen molar-refractivity contribution in [2.75, 3.05) is 13.1 Å². The molecular weight excluding hydrogens is 425 g/mol. The first kappa shape index (κ1) is 19.8. The zero-order valence-electron chi connectivity index (χ0n) is 14.0. The lowest BCUT2D eigenvalue weighted by molar-refractivity contribution is 0.753. The van der Waals surface area contributed by atoms with Gasteiger partial charge in [0.05, 0.1) is 5.01 Å². The smallest absolute Gasteiger partial charge is 0.191 e. The van der Waals surface area contributed by atoms with E-state index in [1.54, 1.807) is 11.3 Å². The molecule has 2 rings (SSSR count). The van der Waals surface area contributed by atoms with Crippen molar-refractivity contribution in [1.82, 2.24) is 30.4 Å². The van der Waals surface area contributed by atoms with E-state index in [4.69, 9.17) is 0 Å². The Bertz CT molecular complexity index is 635. The Labute approximate surface area is 158 Å². The predicted molar refractivity (Wildman–Crippen MR) is 105 cm³/mol. The molecule has 0 aliphatic carbocycles. The molecule has 0 spiro atoms. The third-order valence-electron chi connectivity index (χ3n) is 3.21. The van der Waals surface area contributed by atoms with E-state index in [0.717, 1.165) is 42.1 Å². The average molecular weight is 449 g/mol. The molecule has 0 fully saturated rings. The molecule has 2 N–H and O–H groups in total. The summed E-state index contributed by atoms with van der Waals surface area (Å²) in [6.45, 7) is 8.18. The molecule has 0 aliphatic rings. The Kier molecular flexibility index (Phi) is 8.45. The van der Waals surface area contributed by atoms with Crippen molar-refractivity contribution in [3.05, 3.63) is 27.7 Å². The van der Waals surface area contributed by atoms with Crippen molar-refractivity contribution in [3.63, 3.8) is 0 Å². The topological polar surface area (TPSA) is 80.0 Å². The van der Waals surface area contributed by atoms with E-state index in [-0.39, 0.29) is 24.0 Å². The van der Waals surface area contributed by atoms with E-state index in [2.05, 4.69) is 37.7 Å². The van der Waals surface area contributed by atoms with Gasteiger partial charge in [0.25, 0.3) is 0 Å². The second-order valence-electron chi connectivity index (χ2n) is 4.96. The third-order valence-corrected chi connectivity index (χ3v) is 4.18. The number of hydrogen-bond acceptors (Lipinski definition) is 5. The summed E-state index contributed by atoms with van der Waals surface area (Å²) in [5, 5.41) is 15.9. The number of aryl methyl sites for hydroxylation is 2. The van der Waals surface area contributed by atoms with E-state index >= 15 is 0 Å². The summed E-state index contributed by atoms with van der Waals surface area (Å²) in [5.41, 5.74) is 0. The molecule has 2 aromatic heterocycles. The fraction of sp³-hybridized carbons (Fsp3) is 0.571. The van der Waals surface area contributed by atoms with Crippen molar-refractivity contribution in [1.29, 1.82) is 0 Å². The van der Waals surface area contributed by atoms with Crippen LogP contribution in [0.1, 0.15) is 28.5 Å². The van der Waals surface area contributed by atoms with Gasteiger partial charge in [-0.1, -0.05) is 0 Å². The number of nitrogens with zero attached hydrogens (tertiary/aromatic N) is 5. The zero-order valence-corrected chi connectivity index (χ0v) is 17.1. The molecule has 0 bridgehead atoms. The first-order valence-electron chi connectivity index (χ1n) is 7.38. The Hall–Kier alpha value is -1.23. The fourth-order valence-corrected chi connectivity index (χ4v) is 2.67. The molecule has 23 heavy (non-hydrogen) atoms. The number of thiazole rings is 1. The van der Waals surface area contributed by atoms with Gasteiger partial charge in [0, 0.05) is 37.6 Å². The minimum Gasteiger partial charge on any atom is -0.357 e. The molecule has 0 aliphatic heterocycles. The molecule has 0 radical (unpaired) electrons. The van der Waals surface area contributed by atoms with Crippen molar-refractivity contribution in [3.8, 4) is 0 Å². The SMILES string of the molecule is CCNC(=NCc1nnc(C)n1C)NCCc1ncc(C)s1.I. The summed E-state index contributed by atoms with van der Waals surface area (Å²) in [4.78, 5) is 10.2. The first-order chi connectivity index (χ1) is 10.6. The van der Waals surface area contributed by atoms with Gasteiger partial charge < -0.3 is 15.2 Å². The van der Waals surface area contributed by atoms with Crippen LogP contribution in [0.5, 0.6) is 0 Å². The van der Waals surface area contributed by atoms with Crippen LogP contribution in [-0.4, -0.2) is 38.8 Å². The number of hydrogen-bond donors (Lipinski definition) is 2. The van der Waals surface area contributed by atoms with Crippen LogP contribution in [-0.2, 0) is 20.0 Å². The monoisotopic (exact) mass is 449 g/mol. The highest BCUT2D eigenvalue weighted by Crippen LogP contribution is 2.10. The Morgan fingerprint density at radius 2 is 2.09 bits per heavy atom. The van der Waals surface area contributed by atoms with Gasteiger partial charge in [-0.3, -0.25) is 0 Å². The Morgan fingerprint density at radius 3 is 2.65 bits per heavy atom. The molecule has 0 unspecified atom stereocenters. The number of aliphatic imine (C=N–C) groups is 1. The van der Waals surface area contributed by atoms with E-state index in [1.165, 1.54) is 4.88 Å².